The molecule has 0 aromatic heterocycles. The molecule has 142 valence electrons. The molecule has 1 aromatic carbocycles. The van der Waals surface area contributed by atoms with Crippen molar-refractivity contribution in [2.24, 2.45) is 5.92 Å². The van der Waals surface area contributed by atoms with Crippen LogP contribution in [0.4, 0.5) is 0 Å². The largest absolute Gasteiger partial charge is 0.496 e. The van der Waals surface area contributed by atoms with Gasteiger partial charge in [0.15, 0.2) is 0 Å². The summed E-state index contributed by atoms with van der Waals surface area (Å²) in [6.45, 7) is 1.39. The van der Waals surface area contributed by atoms with Crippen molar-refractivity contribution in [3.05, 3.63) is 17.7 Å². The lowest BCUT2D eigenvalue weighted by Gasteiger charge is -2.24. The molecule has 0 spiro atoms. The highest BCUT2D eigenvalue weighted by molar-refractivity contribution is 5.74. The summed E-state index contributed by atoms with van der Waals surface area (Å²) in [5.41, 5.74) is 0.754. The van der Waals surface area contributed by atoms with Crippen LogP contribution in [0, 0.1) is 5.92 Å². The van der Waals surface area contributed by atoms with Gasteiger partial charge in [-0.15, -0.1) is 0 Å². The van der Waals surface area contributed by atoms with Crippen LogP contribution in [0.25, 0.3) is 0 Å². The number of carbonyl (C=O) groups is 1. The fraction of sp³-hybridized carbons (Fsp3) is 0.611. The van der Waals surface area contributed by atoms with E-state index in [4.69, 9.17) is 28.4 Å². The summed E-state index contributed by atoms with van der Waals surface area (Å²) in [7, 11) is 2.87. The molecule has 1 N–H and O–H groups in total. The van der Waals surface area contributed by atoms with Gasteiger partial charge >= 0.3 is 5.97 Å². The van der Waals surface area contributed by atoms with Crippen molar-refractivity contribution in [1.82, 2.24) is 0 Å². The molecule has 2 fully saturated rings. The number of aliphatic hydroxyl groups excluding tert-OH is 1. The third kappa shape index (κ3) is 2.87. The summed E-state index contributed by atoms with van der Waals surface area (Å²) in [6.07, 6.45) is -1.28. The summed E-state index contributed by atoms with van der Waals surface area (Å²) in [5.74, 6) is 0.309. The molecule has 4 rings (SSSR count). The average Bonchev–Trinajstić information content (AvgIpc) is 3.17. The summed E-state index contributed by atoms with van der Waals surface area (Å²) < 4.78 is 32.9. The zero-order valence-corrected chi connectivity index (χ0v) is 14.7. The molecule has 26 heavy (non-hydrogen) atoms. The summed E-state index contributed by atoms with van der Waals surface area (Å²) in [5, 5.41) is 10.7. The molecule has 0 amide bonds. The van der Waals surface area contributed by atoms with E-state index in [1.54, 1.807) is 19.2 Å². The Morgan fingerprint density at radius 2 is 2.12 bits per heavy atom. The van der Waals surface area contributed by atoms with Crippen molar-refractivity contribution >= 4 is 5.97 Å². The highest BCUT2D eigenvalue weighted by Crippen LogP contribution is 2.54. The quantitative estimate of drug-likeness (QED) is 0.784. The first-order valence-corrected chi connectivity index (χ1v) is 8.63. The third-order valence-electron chi connectivity index (χ3n) is 5.13. The number of rotatable bonds is 4. The van der Waals surface area contributed by atoms with E-state index in [0.29, 0.717) is 43.5 Å². The number of hydrogen-bond acceptors (Lipinski definition) is 8. The Morgan fingerprint density at radius 1 is 1.27 bits per heavy atom. The molecular formula is C18H22O8. The molecule has 8 nitrogen and oxygen atoms in total. The number of aliphatic hydroxyl groups is 1. The lowest BCUT2D eigenvalue weighted by Crippen LogP contribution is -2.33. The van der Waals surface area contributed by atoms with Crippen molar-refractivity contribution in [1.29, 1.82) is 0 Å². The van der Waals surface area contributed by atoms with Gasteiger partial charge in [-0.3, -0.25) is 4.79 Å². The van der Waals surface area contributed by atoms with E-state index < -0.39 is 24.3 Å². The third-order valence-corrected chi connectivity index (χ3v) is 5.13. The molecular weight excluding hydrogens is 344 g/mol. The number of methoxy groups -OCH3 is 2. The first kappa shape index (κ1) is 17.4. The summed E-state index contributed by atoms with van der Waals surface area (Å²) in [4.78, 5) is 11.9. The zero-order valence-electron chi connectivity index (χ0n) is 14.7. The van der Waals surface area contributed by atoms with Gasteiger partial charge in [-0.25, -0.2) is 0 Å². The second-order valence-electron chi connectivity index (χ2n) is 6.57. The fourth-order valence-corrected chi connectivity index (χ4v) is 3.96. The zero-order chi connectivity index (χ0) is 18.3. The molecule has 2 aliphatic heterocycles. The predicted octanol–water partition coefficient (Wildman–Crippen LogP) is 0.845. The van der Waals surface area contributed by atoms with Crippen molar-refractivity contribution < 1.29 is 38.3 Å². The van der Waals surface area contributed by atoms with Gasteiger partial charge in [0.1, 0.15) is 30.0 Å². The van der Waals surface area contributed by atoms with Crippen molar-refractivity contribution in [3.63, 3.8) is 0 Å². The number of benzene rings is 1. The second-order valence-corrected chi connectivity index (χ2v) is 6.57. The maximum atomic E-state index is 11.9. The lowest BCUT2D eigenvalue weighted by atomic mass is 9.92. The van der Waals surface area contributed by atoms with Crippen molar-refractivity contribution in [3.8, 4) is 17.2 Å². The fourth-order valence-electron chi connectivity index (χ4n) is 3.96. The number of hydrogen-bond donors (Lipinski definition) is 1. The van der Waals surface area contributed by atoms with Gasteiger partial charge in [0, 0.05) is 24.1 Å². The van der Waals surface area contributed by atoms with Crippen LogP contribution < -0.4 is 14.2 Å². The van der Waals surface area contributed by atoms with E-state index in [1.807, 2.05) is 0 Å². The van der Waals surface area contributed by atoms with Crippen LogP contribution >= 0.6 is 0 Å². The number of ether oxygens (including phenoxy) is 6. The Kier molecular flexibility index (Phi) is 4.64. The number of fused-ring (bicyclic) bond motifs is 3. The Bertz CT molecular complexity index is 684. The highest BCUT2D eigenvalue weighted by Gasteiger charge is 2.53. The second kappa shape index (κ2) is 6.94. The maximum absolute atomic E-state index is 11.9. The van der Waals surface area contributed by atoms with E-state index >= 15 is 0 Å². The topological polar surface area (TPSA) is 92.7 Å². The van der Waals surface area contributed by atoms with Crippen LogP contribution in [-0.4, -0.2) is 63.6 Å². The van der Waals surface area contributed by atoms with Gasteiger partial charge in [0.05, 0.1) is 45.4 Å². The highest BCUT2D eigenvalue weighted by atomic mass is 16.7. The van der Waals surface area contributed by atoms with Crippen LogP contribution in [0.15, 0.2) is 12.1 Å². The molecule has 0 bridgehead atoms. The number of carbonyl (C=O) groups excluding carboxylic acids is 1. The molecule has 5 atom stereocenters. The van der Waals surface area contributed by atoms with Crippen molar-refractivity contribution in [2.45, 2.75) is 30.8 Å². The van der Waals surface area contributed by atoms with Crippen LogP contribution in [-0.2, 0) is 19.0 Å². The molecule has 1 saturated heterocycles. The standard InChI is InChI=1S/C18H22O8/c1-21-11-5-9(25-14-8-23-3-4-24-14)6-12-15(11)16-13(26-12)7-10(17(16)19)18(20)22-2/h5-6,10,13-14,16-17,19H,3-4,7-8H2,1-2H3/t10-,13?,14+,16?,17-/m1/s1. The first-order chi connectivity index (χ1) is 12.6. The average molecular weight is 366 g/mol. The van der Waals surface area contributed by atoms with E-state index in [2.05, 4.69) is 0 Å². The Labute approximate surface area is 150 Å². The van der Waals surface area contributed by atoms with Crippen LogP contribution in [0.3, 0.4) is 0 Å². The van der Waals surface area contributed by atoms with E-state index in [9.17, 15) is 9.90 Å². The van der Waals surface area contributed by atoms with Crippen LogP contribution in [0.2, 0.25) is 0 Å². The Hall–Kier alpha value is -2.03. The minimum Gasteiger partial charge on any atom is -0.496 e. The number of esters is 1. The molecule has 8 heteroatoms. The minimum atomic E-state index is -0.885. The van der Waals surface area contributed by atoms with Gasteiger partial charge in [0.25, 0.3) is 0 Å². The SMILES string of the molecule is COC(=O)[C@@H]1CC2Oc3cc(O[C@H]4COCCO4)cc(OC)c3C2[C@@H]1O. The van der Waals surface area contributed by atoms with Crippen LogP contribution in [0.5, 0.6) is 17.2 Å². The molecule has 1 aliphatic carbocycles. The van der Waals surface area contributed by atoms with E-state index in [0.717, 1.165) is 5.56 Å². The van der Waals surface area contributed by atoms with E-state index in [-0.39, 0.29) is 12.0 Å². The Balaban J connectivity index is 1.60. The summed E-state index contributed by atoms with van der Waals surface area (Å²) >= 11 is 0. The first-order valence-electron chi connectivity index (χ1n) is 8.63. The maximum Gasteiger partial charge on any atom is 0.311 e. The molecule has 3 aliphatic rings. The Morgan fingerprint density at radius 3 is 2.81 bits per heavy atom. The van der Waals surface area contributed by atoms with Gasteiger partial charge < -0.3 is 33.5 Å². The molecule has 2 unspecified atom stereocenters. The van der Waals surface area contributed by atoms with E-state index in [1.165, 1.54) is 7.11 Å². The van der Waals surface area contributed by atoms with Gasteiger partial charge in [0.2, 0.25) is 6.29 Å². The summed E-state index contributed by atoms with van der Waals surface area (Å²) in [6, 6.07) is 3.49. The molecule has 2 heterocycles. The predicted molar refractivity (Wildman–Crippen MR) is 87.5 cm³/mol. The van der Waals surface area contributed by atoms with Gasteiger partial charge in [-0.1, -0.05) is 0 Å². The monoisotopic (exact) mass is 366 g/mol. The minimum absolute atomic E-state index is 0.303. The molecule has 1 aromatic rings. The van der Waals surface area contributed by atoms with Gasteiger partial charge in [-0.05, 0) is 0 Å². The van der Waals surface area contributed by atoms with Crippen LogP contribution in [0.1, 0.15) is 17.9 Å². The van der Waals surface area contributed by atoms with Crippen molar-refractivity contribution in [2.75, 3.05) is 34.0 Å². The van der Waals surface area contributed by atoms with Gasteiger partial charge in [-0.2, -0.15) is 0 Å². The normalized spacial score (nSPS) is 32.3. The molecule has 1 saturated carbocycles. The smallest absolute Gasteiger partial charge is 0.311 e. The molecule has 0 radical (unpaired) electrons. The lowest BCUT2D eigenvalue weighted by molar-refractivity contribution is -0.170.